The lowest BCUT2D eigenvalue weighted by atomic mass is 9.93. The zero-order valence-electron chi connectivity index (χ0n) is 15.3. The van der Waals surface area contributed by atoms with Gasteiger partial charge in [0.2, 0.25) is 5.91 Å². The summed E-state index contributed by atoms with van der Waals surface area (Å²) in [4.78, 5) is 18.4. The van der Waals surface area contributed by atoms with Gasteiger partial charge in [0.1, 0.15) is 0 Å². The van der Waals surface area contributed by atoms with Crippen LogP contribution in [0.4, 0.5) is 11.4 Å². The first-order valence-electron chi connectivity index (χ1n) is 9.57. The summed E-state index contributed by atoms with van der Waals surface area (Å²) in [5.41, 5.74) is 2.65. The molecule has 2 fully saturated rings. The van der Waals surface area contributed by atoms with Gasteiger partial charge in [0.05, 0.1) is 11.2 Å². The molecule has 27 heavy (non-hydrogen) atoms. The molecule has 6 heteroatoms. The monoisotopic (exact) mass is 380 g/mol. The Hall–Kier alpha value is -2.47. The van der Waals surface area contributed by atoms with Gasteiger partial charge in [-0.3, -0.25) is 9.78 Å². The number of rotatable bonds is 4. The lowest BCUT2D eigenvalue weighted by Crippen LogP contribution is -2.46. The Balaban J connectivity index is 1.48. The van der Waals surface area contributed by atoms with E-state index in [1.807, 2.05) is 47.5 Å². The van der Waals surface area contributed by atoms with Crippen LogP contribution in [0.2, 0.25) is 0 Å². The van der Waals surface area contributed by atoms with Crippen LogP contribution in [-0.4, -0.2) is 22.5 Å². The number of carbonyl (C=O) groups excluding carboxylic acids is 1. The standard InChI is InChI=1S/C21H24N4OS/c26-19-10-6-14-25(19)17-8-5-7-16(15-17)23-20(27)24-21(11-2-3-12-21)18-9-1-4-13-22-18/h1,4-5,7-9,13,15H,2-3,6,10-12,14H2,(H2,23,24,27). The topological polar surface area (TPSA) is 57.3 Å². The second kappa shape index (κ2) is 7.64. The Bertz CT molecular complexity index is 833. The molecule has 1 aromatic heterocycles. The first-order chi connectivity index (χ1) is 13.2. The first-order valence-corrected chi connectivity index (χ1v) is 9.98. The first kappa shape index (κ1) is 17.9. The summed E-state index contributed by atoms with van der Waals surface area (Å²) in [5.74, 6) is 0.188. The van der Waals surface area contributed by atoms with Crippen molar-refractivity contribution < 1.29 is 4.79 Å². The average molecular weight is 381 g/mol. The minimum atomic E-state index is -0.201. The summed E-state index contributed by atoms with van der Waals surface area (Å²) < 4.78 is 0. The molecule has 5 nitrogen and oxygen atoms in total. The molecule has 1 amide bonds. The molecule has 2 N–H and O–H groups in total. The van der Waals surface area contributed by atoms with Gasteiger partial charge in [0, 0.05) is 30.5 Å². The lowest BCUT2D eigenvalue weighted by molar-refractivity contribution is -0.117. The summed E-state index contributed by atoms with van der Waals surface area (Å²) in [6, 6.07) is 13.9. The van der Waals surface area contributed by atoms with Gasteiger partial charge in [-0.1, -0.05) is 25.0 Å². The maximum Gasteiger partial charge on any atom is 0.227 e. The van der Waals surface area contributed by atoms with Crippen molar-refractivity contribution in [3.05, 3.63) is 54.4 Å². The SMILES string of the molecule is O=C1CCCN1c1cccc(NC(=S)NC2(c3ccccn3)CCCC2)c1. The highest BCUT2D eigenvalue weighted by Crippen LogP contribution is 2.37. The van der Waals surface area contributed by atoms with Crippen LogP contribution in [0.15, 0.2) is 48.7 Å². The maximum absolute atomic E-state index is 12.0. The molecule has 140 valence electrons. The minimum Gasteiger partial charge on any atom is -0.351 e. The highest BCUT2D eigenvalue weighted by Gasteiger charge is 2.37. The number of hydrogen-bond donors (Lipinski definition) is 2. The zero-order valence-corrected chi connectivity index (χ0v) is 16.1. The van der Waals surface area contributed by atoms with Crippen molar-refractivity contribution in [1.29, 1.82) is 0 Å². The predicted octanol–water partition coefficient (Wildman–Crippen LogP) is 3.96. The molecule has 0 bridgehead atoms. The molecule has 4 rings (SSSR count). The number of anilines is 2. The summed E-state index contributed by atoms with van der Waals surface area (Å²) in [7, 11) is 0. The quantitative estimate of drug-likeness (QED) is 0.786. The van der Waals surface area contributed by atoms with E-state index in [1.54, 1.807) is 0 Å². The van der Waals surface area contributed by atoms with E-state index in [9.17, 15) is 4.79 Å². The van der Waals surface area contributed by atoms with Crippen LogP contribution < -0.4 is 15.5 Å². The molecule has 0 radical (unpaired) electrons. The zero-order chi connectivity index (χ0) is 18.7. The van der Waals surface area contributed by atoms with Gasteiger partial charge in [-0.25, -0.2) is 0 Å². The van der Waals surface area contributed by atoms with E-state index in [4.69, 9.17) is 12.2 Å². The van der Waals surface area contributed by atoms with Crippen molar-refractivity contribution in [3.8, 4) is 0 Å². The molecule has 1 aromatic carbocycles. The highest BCUT2D eigenvalue weighted by atomic mass is 32.1. The van der Waals surface area contributed by atoms with Crippen LogP contribution >= 0.6 is 12.2 Å². The molecule has 1 aliphatic carbocycles. The van der Waals surface area contributed by atoms with E-state index in [1.165, 1.54) is 12.8 Å². The average Bonchev–Trinajstić information content (AvgIpc) is 3.32. The van der Waals surface area contributed by atoms with Crippen molar-refractivity contribution in [3.63, 3.8) is 0 Å². The largest absolute Gasteiger partial charge is 0.351 e. The number of carbonyl (C=O) groups is 1. The Morgan fingerprint density at radius 1 is 1.11 bits per heavy atom. The number of amides is 1. The summed E-state index contributed by atoms with van der Waals surface area (Å²) in [6.07, 6.45) is 7.76. The van der Waals surface area contributed by atoms with Gasteiger partial charge in [-0.05, 0) is 61.8 Å². The van der Waals surface area contributed by atoms with Gasteiger partial charge < -0.3 is 15.5 Å². The fourth-order valence-corrected chi connectivity index (χ4v) is 4.44. The molecule has 0 unspecified atom stereocenters. The molecule has 1 aliphatic heterocycles. The number of nitrogens with zero attached hydrogens (tertiary/aromatic N) is 2. The highest BCUT2D eigenvalue weighted by molar-refractivity contribution is 7.80. The van der Waals surface area contributed by atoms with E-state index >= 15 is 0 Å². The van der Waals surface area contributed by atoms with Crippen molar-refractivity contribution >= 4 is 34.6 Å². The number of benzene rings is 1. The molecule has 1 saturated carbocycles. The Morgan fingerprint density at radius 3 is 2.67 bits per heavy atom. The van der Waals surface area contributed by atoms with E-state index in [-0.39, 0.29) is 11.4 Å². The fraction of sp³-hybridized carbons (Fsp3) is 0.381. The van der Waals surface area contributed by atoms with Crippen LogP contribution in [-0.2, 0) is 10.3 Å². The summed E-state index contributed by atoms with van der Waals surface area (Å²) >= 11 is 5.62. The van der Waals surface area contributed by atoms with Crippen LogP contribution in [0.25, 0.3) is 0 Å². The number of pyridine rings is 1. The normalized spacial score (nSPS) is 18.5. The van der Waals surface area contributed by atoms with E-state index in [0.29, 0.717) is 11.5 Å². The molecule has 2 aromatic rings. The number of aromatic nitrogens is 1. The number of hydrogen-bond acceptors (Lipinski definition) is 3. The van der Waals surface area contributed by atoms with Crippen molar-refractivity contribution in [2.24, 2.45) is 0 Å². The third-order valence-corrected chi connectivity index (χ3v) is 5.66. The lowest BCUT2D eigenvalue weighted by Gasteiger charge is -2.31. The number of nitrogens with one attached hydrogen (secondary N) is 2. The second-order valence-corrected chi connectivity index (χ2v) is 7.69. The summed E-state index contributed by atoms with van der Waals surface area (Å²) in [5, 5.41) is 7.42. The number of thiocarbonyl (C=S) groups is 1. The van der Waals surface area contributed by atoms with E-state index in [2.05, 4.69) is 21.7 Å². The van der Waals surface area contributed by atoms with E-state index in [0.717, 1.165) is 42.9 Å². The van der Waals surface area contributed by atoms with Gasteiger partial charge in [0.15, 0.2) is 5.11 Å². The molecular weight excluding hydrogens is 356 g/mol. The Morgan fingerprint density at radius 2 is 1.96 bits per heavy atom. The minimum absolute atomic E-state index is 0.188. The van der Waals surface area contributed by atoms with Crippen molar-refractivity contribution in [1.82, 2.24) is 10.3 Å². The molecule has 1 saturated heterocycles. The third-order valence-electron chi connectivity index (χ3n) is 5.45. The van der Waals surface area contributed by atoms with Gasteiger partial charge in [0.25, 0.3) is 0 Å². The van der Waals surface area contributed by atoms with Crippen molar-refractivity contribution in [2.45, 2.75) is 44.1 Å². The molecule has 2 heterocycles. The predicted molar refractivity (Wildman–Crippen MR) is 112 cm³/mol. The van der Waals surface area contributed by atoms with Crippen LogP contribution in [0.5, 0.6) is 0 Å². The Kier molecular flexibility index (Phi) is 5.07. The summed E-state index contributed by atoms with van der Waals surface area (Å²) in [6.45, 7) is 0.785. The maximum atomic E-state index is 12.0. The van der Waals surface area contributed by atoms with Crippen LogP contribution in [0.1, 0.15) is 44.2 Å². The molecule has 2 aliphatic rings. The van der Waals surface area contributed by atoms with Gasteiger partial charge >= 0.3 is 0 Å². The van der Waals surface area contributed by atoms with Crippen molar-refractivity contribution in [2.75, 3.05) is 16.8 Å². The third kappa shape index (κ3) is 3.81. The fourth-order valence-electron chi connectivity index (χ4n) is 4.12. The van der Waals surface area contributed by atoms with Gasteiger partial charge in [-0.2, -0.15) is 0 Å². The molecule has 0 spiro atoms. The molecular formula is C21H24N4OS. The Labute approximate surface area is 165 Å². The molecule has 0 atom stereocenters. The van der Waals surface area contributed by atoms with Gasteiger partial charge in [-0.15, -0.1) is 0 Å². The van der Waals surface area contributed by atoms with E-state index < -0.39 is 0 Å². The van der Waals surface area contributed by atoms with Crippen LogP contribution in [0.3, 0.4) is 0 Å². The second-order valence-electron chi connectivity index (χ2n) is 7.28. The van der Waals surface area contributed by atoms with Crippen LogP contribution in [0, 0.1) is 0 Å². The smallest absolute Gasteiger partial charge is 0.227 e.